The van der Waals surface area contributed by atoms with Crippen molar-refractivity contribution in [1.29, 1.82) is 0 Å². The number of imide groups is 1. The van der Waals surface area contributed by atoms with Gasteiger partial charge in [-0.1, -0.05) is 43.7 Å². The Balaban J connectivity index is 2.02. The second-order valence-corrected chi connectivity index (χ2v) is 8.23. The van der Waals surface area contributed by atoms with E-state index in [1.807, 2.05) is 39.0 Å². The van der Waals surface area contributed by atoms with Crippen LogP contribution in [0.15, 0.2) is 29.4 Å². The molecule has 142 valence electrons. The summed E-state index contributed by atoms with van der Waals surface area (Å²) in [6.45, 7) is 8.65. The molecule has 0 bridgehead atoms. The van der Waals surface area contributed by atoms with Crippen LogP contribution in [0.3, 0.4) is 0 Å². The Morgan fingerprint density at radius 2 is 1.92 bits per heavy atom. The second-order valence-electron chi connectivity index (χ2n) is 7.28. The van der Waals surface area contributed by atoms with Gasteiger partial charge in [0.2, 0.25) is 5.91 Å². The zero-order valence-electron chi connectivity index (χ0n) is 16.0. The number of aromatic nitrogens is 2. The fourth-order valence-corrected chi connectivity index (χ4v) is 3.40. The normalized spacial score (nSPS) is 11.5. The molecule has 26 heavy (non-hydrogen) atoms. The van der Waals surface area contributed by atoms with Crippen molar-refractivity contribution in [3.63, 3.8) is 0 Å². The van der Waals surface area contributed by atoms with Gasteiger partial charge in [0.15, 0.2) is 5.16 Å². The van der Waals surface area contributed by atoms with E-state index in [1.165, 1.54) is 11.8 Å². The number of benzene rings is 1. The number of fused-ring (bicyclic) bond motifs is 1. The number of unbranched alkanes of at least 4 members (excludes halogenated alkanes) is 2. The van der Waals surface area contributed by atoms with E-state index in [4.69, 9.17) is 0 Å². The third-order valence-electron chi connectivity index (χ3n) is 3.68. The molecule has 0 atom stereocenters. The van der Waals surface area contributed by atoms with Crippen LogP contribution in [0.1, 0.15) is 47.0 Å². The molecule has 0 spiro atoms. The minimum absolute atomic E-state index is 0.147. The molecule has 3 amide bonds. The third kappa shape index (κ3) is 6.05. The largest absolute Gasteiger partial charge is 0.333 e. The monoisotopic (exact) mass is 376 g/mol. The van der Waals surface area contributed by atoms with Gasteiger partial charge in [-0.25, -0.2) is 9.78 Å². The van der Waals surface area contributed by atoms with Gasteiger partial charge in [0.05, 0.1) is 16.8 Å². The lowest BCUT2D eigenvalue weighted by Gasteiger charge is -2.20. The lowest BCUT2D eigenvalue weighted by molar-refractivity contribution is -0.117. The smallest absolute Gasteiger partial charge is 0.321 e. The molecule has 2 rings (SSSR count). The number of rotatable bonds is 7. The maximum atomic E-state index is 12.1. The Morgan fingerprint density at radius 3 is 2.62 bits per heavy atom. The van der Waals surface area contributed by atoms with Gasteiger partial charge in [0.25, 0.3) is 0 Å². The molecule has 0 unspecified atom stereocenters. The summed E-state index contributed by atoms with van der Waals surface area (Å²) in [5.74, 6) is -0.182. The summed E-state index contributed by atoms with van der Waals surface area (Å²) in [4.78, 5) is 28.5. The predicted octanol–water partition coefficient (Wildman–Crippen LogP) is 3.94. The van der Waals surface area contributed by atoms with E-state index in [9.17, 15) is 9.59 Å². The molecule has 0 radical (unpaired) electrons. The Morgan fingerprint density at radius 1 is 1.19 bits per heavy atom. The van der Waals surface area contributed by atoms with Crippen molar-refractivity contribution in [2.45, 2.75) is 64.2 Å². The number of hydrogen-bond donors (Lipinski definition) is 2. The summed E-state index contributed by atoms with van der Waals surface area (Å²) in [6.07, 6.45) is 3.38. The number of aryl methyl sites for hydroxylation is 1. The first-order valence-corrected chi connectivity index (χ1v) is 9.99. The minimum atomic E-state index is -0.473. The van der Waals surface area contributed by atoms with E-state index in [1.54, 1.807) is 0 Å². The Kier molecular flexibility index (Phi) is 7.08. The fourth-order valence-electron chi connectivity index (χ4n) is 2.56. The number of nitrogens with one attached hydrogen (secondary N) is 2. The van der Waals surface area contributed by atoms with Gasteiger partial charge < -0.3 is 9.88 Å². The van der Waals surface area contributed by atoms with Gasteiger partial charge in [0, 0.05) is 12.1 Å². The van der Waals surface area contributed by atoms with Gasteiger partial charge >= 0.3 is 6.03 Å². The van der Waals surface area contributed by atoms with Crippen LogP contribution in [0.2, 0.25) is 0 Å². The molecule has 1 aromatic carbocycles. The molecule has 0 saturated heterocycles. The van der Waals surface area contributed by atoms with Crippen LogP contribution < -0.4 is 10.6 Å². The van der Waals surface area contributed by atoms with E-state index < -0.39 is 6.03 Å². The standard InChI is InChI=1S/C19H28N4O2S/c1-5-6-9-12-23-15-11-8-7-10-14(15)20-18(23)26-13-16(24)21-17(25)22-19(2,3)4/h7-8,10-11H,5-6,9,12-13H2,1-4H3,(H2,21,22,24,25). The highest BCUT2D eigenvalue weighted by Crippen LogP contribution is 2.24. The number of para-hydroxylation sites is 2. The molecule has 0 aliphatic rings. The average Bonchev–Trinajstić information content (AvgIpc) is 2.89. The first-order valence-electron chi connectivity index (χ1n) is 9.00. The molecule has 0 aliphatic heterocycles. The summed E-state index contributed by atoms with van der Waals surface area (Å²) in [6, 6.07) is 7.52. The first kappa shape index (κ1) is 20.3. The van der Waals surface area contributed by atoms with E-state index in [0.717, 1.165) is 42.0 Å². The SMILES string of the molecule is CCCCCn1c(SCC(=O)NC(=O)NC(C)(C)C)nc2ccccc21. The van der Waals surface area contributed by atoms with Gasteiger partial charge in [-0.3, -0.25) is 10.1 Å². The Bertz CT molecular complexity index is 764. The number of hydrogen-bond acceptors (Lipinski definition) is 4. The highest BCUT2D eigenvalue weighted by molar-refractivity contribution is 7.99. The second kappa shape index (κ2) is 9.07. The quantitative estimate of drug-likeness (QED) is 0.567. The Labute approximate surface area is 159 Å². The van der Waals surface area contributed by atoms with Crippen LogP contribution in [-0.4, -0.2) is 32.8 Å². The van der Waals surface area contributed by atoms with Gasteiger partial charge in [-0.05, 0) is 39.3 Å². The number of amides is 3. The zero-order valence-corrected chi connectivity index (χ0v) is 16.8. The lowest BCUT2D eigenvalue weighted by Crippen LogP contribution is -2.48. The zero-order chi connectivity index (χ0) is 19.2. The van der Waals surface area contributed by atoms with E-state index in [-0.39, 0.29) is 17.2 Å². The molecule has 0 saturated carbocycles. The van der Waals surface area contributed by atoms with E-state index in [0.29, 0.717) is 0 Å². The number of imidazole rings is 1. The molecule has 0 aliphatic carbocycles. The van der Waals surface area contributed by atoms with Crippen LogP contribution in [0.5, 0.6) is 0 Å². The van der Waals surface area contributed by atoms with Crippen molar-refractivity contribution < 1.29 is 9.59 Å². The highest BCUT2D eigenvalue weighted by Gasteiger charge is 2.17. The molecule has 2 aromatic rings. The maximum Gasteiger partial charge on any atom is 0.321 e. The fraction of sp³-hybridized carbons (Fsp3) is 0.526. The van der Waals surface area contributed by atoms with Gasteiger partial charge in [0.1, 0.15) is 0 Å². The lowest BCUT2D eigenvalue weighted by atomic mass is 10.1. The molecule has 0 fully saturated rings. The van der Waals surface area contributed by atoms with Crippen molar-refractivity contribution in [2.24, 2.45) is 0 Å². The number of thioether (sulfide) groups is 1. The first-order chi connectivity index (χ1) is 12.3. The number of nitrogens with zero attached hydrogens (tertiary/aromatic N) is 2. The molecule has 2 N–H and O–H groups in total. The topological polar surface area (TPSA) is 76.0 Å². The van der Waals surface area contributed by atoms with Crippen molar-refractivity contribution in [3.8, 4) is 0 Å². The van der Waals surface area contributed by atoms with Crippen molar-refractivity contribution >= 4 is 34.7 Å². The van der Waals surface area contributed by atoms with E-state index >= 15 is 0 Å². The summed E-state index contributed by atoms with van der Waals surface area (Å²) >= 11 is 1.36. The molecule has 1 heterocycles. The number of urea groups is 1. The average molecular weight is 377 g/mol. The van der Waals surface area contributed by atoms with Crippen molar-refractivity contribution in [3.05, 3.63) is 24.3 Å². The molecule has 6 nitrogen and oxygen atoms in total. The van der Waals surface area contributed by atoms with Gasteiger partial charge in [-0.2, -0.15) is 0 Å². The third-order valence-corrected chi connectivity index (χ3v) is 4.66. The van der Waals surface area contributed by atoms with Crippen LogP contribution in [0, 0.1) is 0 Å². The summed E-state index contributed by atoms with van der Waals surface area (Å²) < 4.78 is 2.16. The van der Waals surface area contributed by atoms with E-state index in [2.05, 4.69) is 33.2 Å². The molecule has 1 aromatic heterocycles. The summed E-state index contributed by atoms with van der Waals surface area (Å²) in [5.41, 5.74) is 1.62. The number of carbonyl (C=O) groups excluding carboxylic acids is 2. The van der Waals surface area contributed by atoms with Crippen LogP contribution in [0.25, 0.3) is 11.0 Å². The predicted molar refractivity (Wildman–Crippen MR) is 106 cm³/mol. The van der Waals surface area contributed by atoms with Crippen LogP contribution in [0.4, 0.5) is 4.79 Å². The highest BCUT2D eigenvalue weighted by atomic mass is 32.2. The minimum Gasteiger partial charge on any atom is -0.333 e. The number of carbonyl (C=O) groups is 2. The van der Waals surface area contributed by atoms with Gasteiger partial charge in [-0.15, -0.1) is 0 Å². The molecular weight excluding hydrogens is 348 g/mol. The summed E-state index contributed by atoms with van der Waals surface area (Å²) in [7, 11) is 0. The van der Waals surface area contributed by atoms with Crippen LogP contribution in [-0.2, 0) is 11.3 Å². The van der Waals surface area contributed by atoms with Crippen molar-refractivity contribution in [2.75, 3.05) is 5.75 Å². The Hall–Kier alpha value is -2.02. The molecular formula is C19H28N4O2S. The van der Waals surface area contributed by atoms with Crippen molar-refractivity contribution in [1.82, 2.24) is 20.2 Å². The maximum absolute atomic E-state index is 12.1. The molecule has 7 heteroatoms. The summed E-state index contributed by atoms with van der Waals surface area (Å²) in [5, 5.41) is 5.89. The van der Waals surface area contributed by atoms with Crippen LogP contribution >= 0.6 is 11.8 Å².